The molecule has 0 saturated heterocycles. The minimum absolute atomic E-state index is 0.109. The van der Waals surface area contributed by atoms with Gasteiger partial charge in [0.2, 0.25) is 10.0 Å². The molecule has 1 rings (SSSR count). The molecule has 0 aliphatic heterocycles. The number of carbonyl (C=O) groups is 1. The minimum atomic E-state index is -3.66. The first-order valence-electron chi connectivity index (χ1n) is 4.81. The SMILES string of the molecule is CC(CC(=O)O)NS(=O)(=O)c1ccc(Br)cc1. The van der Waals surface area contributed by atoms with Gasteiger partial charge in [0.25, 0.3) is 0 Å². The fourth-order valence-electron chi connectivity index (χ4n) is 1.25. The molecule has 0 bridgehead atoms. The Labute approximate surface area is 108 Å². The van der Waals surface area contributed by atoms with E-state index >= 15 is 0 Å². The molecule has 0 amide bonds. The topological polar surface area (TPSA) is 83.5 Å². The van der Waals surface area contributed by atoms with Crippen LogP contribution in [-0.4, -0.2) is 25.5 Å². The quantitative estimate of drug-likeness (QED) is 0.862. The summed E-state index contributed by atoms with van der Waals surface area (Å²) in [6.45, 7) is 1.50. The van der Waals surface area contributed by atoms with Crippen LogP contribution in [0.15, 0.2) is 33.6 Å². The largest absolute Gasteiger partial charge is 0.481 e. The molecule has 7 heteroatoms. The zero-order chi connectivity index (χ0) is 13.1. The lowest BCUT2D eigenvalue weighted by atomic mass is 10.3. The van der Waals surface area contributed by atoms with E-state index in [4.69, 9.17) is 5.11 Å². The van der Waals surface area contributed by atoms with Crippen LogP contribution in [0.3, 0.4) is 0 Å². The van der Waals surface area contributed by atoms with Crippen LogP contribution in [0, 0.1) is 0 Å². The van der Waals surface area contributed by atoms with Crippen molar-refractivity contribution in [1.82, 2.24) is 4.72 Å². The van der Waals surface area contributed by atoms with Crippen molar-refractivity contribution in [3.05, 3.63) is 28.7 Å². The van der Waals surface area contributed by atoms with Crippen molar-refractivity contribution in [2.75, 3.05) is 0 Å². The van der Waals surface area contributed by atoms with Gasteiger partial charge in [-0.1, -0.05) is 15.9 Å². The molecule has 94 valence electrons. The van der Waals surface area contributed by atoms with Gasteiger partial charge in [-0.2, -0.15) is 0 Å². The van der Waals surface area contributed by atoms with Gasteiger partial charge >= 0.3 is 5.97 Å². The van der Waals surface area contributed by atoms with Gasteiger partial charge in [0.1, 0.15) is 0 Å². The van der Waals surface area contributed by atoms with Gasteiger partial charge in [-0.25, -0.2) is 13.1 Å². The van der Waals surface area contributed by atoms with Crippen molar-refractivity contribution >= 4 is 31.9 Å². The van der Waals surface area contributed by atoms with Crippen molar-refractivity contribution in [3.63, 3.8) is 0 Å². The normalized spacial score (nSPS) is 13.3. The first kappa shape index (κ1) is 14.1. The van der Waals surface area contributed by atoms with Gasteiger partial charge in [0, 0.05) is 10.5 Å². The van der Waals surface area contributed by atoms with Crippen LogP contribution in [0.4, 0.5) is 0 Å². The number of carboxylic acids is 1. The lowest BCUT2D eigenvalue weighted by molar-refractivity contribution is -0.137. The number of aliphatic carboxylic acids is 1. The Kier molecular flexibility index (Phi) is 4.67. The fourth-order valence-corrected chi connectivity index (χ4v) is 2.76. The number of hydrogen-bond acceptors (Lipinski definition) is 3. The number of halogens is 1. The van der Waals surface area contributed by atoms with Gasteiger partial charge < -0.3 is 5.11 Å². The highest BCUT2D eigenvalue weighted by atomic mass is 79.9. The Balaban J connectivity index is 2.82. The maximum Gasteiger partial charge on any atom is 0.304 e. The number of rotatable bonds is 5. The number of carboxylic acid groups (broad SMARTS) is 1. The predicted molar refractivity (Wildman–Crippen MR) is 66.2 cm³/mol. The van der Waals surface area contributed by atoms with E-state index in [0.29, 0.717) is 0 Å². The molecular weight excluding hydrogens is 310 g/mol. The van der Waals surface area contributed by atoms with E-state index in [1.54, 1.807) is 12.1 Å². The molecule has 2 N–H and O–H groups in total. The van der Waals surface area contributed by atoms with E-state index in [2.05, 4.69) is 20.7 Å². The lowest BCUT2D eigenvalue weighted by Gasteiger charge is -2.12. The first-order valence-corrected chi connectivity index (χ1v) is 7.08. The van der Waals surface area contributed by atoms with Crippen LogP contribution in [0.2, 0.25) is 0 Å². The summed E-state index contributed by atoms with van der Waals surface area (Å²) in [6.07, 6.45) is -0.254. The lowest BCUT2D eigenvalue weighted by Crippen LogP contribution is -2.34. The average Bonchev–Trinajstić information content (AvgIpc) is 2.15. The predicted octanol–water partition coefficient (Wildman–Crippen LogP) is 1.59. The molecule has 1 unspecified atom stereocenters. The van der Waals surface area contributed by atoms with Gasteiger partial charge in [-0.05, 0) is 31.2 Å². The van der Waals surface area contributed by atoms with Crippen LogP contribution >= 0.6 is 15.9 Å². The van der Waals surface area contributed by atoms with Crippen molar-refractivity contribution in [2.45, 2.75) is 24.3 Å². The van der Waals surface area contributed by atoms with Gasteiger partial charge in [-0.3, -0.25) is 4.79 Å². The zero-order valence-corrected chi connectivity index (χ0v) is 11.5. The third-order valence-electron chi connectivity index (χ3n) is 1.96. The third kappa shape index (κ3) is 4.45. The van der Waals surface area contributed by atoms with E-state index < -0.39 is 22.0 Å². The van der Waals surface area contributed by atoms with E-state index in [-0.39, 0.29) is 11.3 Å². The maximum absolute atomic E-state index is 11.8. The number of hydrogen-bond donors (Lipinski definition) is 2. The molecule has 0 fully saturated rings. The molecular formula is C10H12BrNO4S. The zero-order valence-electron chi connectivity index (χ0n) is 9.05. The standard InChI is InChI=1S/C10H12BrNO4S/c1-7(6-10(13)14)12-17(15,16)9-4-2-8(11)3-5-9/h2-5,7,12H,6H2,1H3,(H,13,14). The van der Waals surface area contributed by atoms with Gasteiger partial charge in [-0.15, -0.1) is 0 Å². The Bertz CT molecular complexity index is 498. The maximum atomic E-state index is 11.8. The highest BCUT2D eigenvalue weighted by Gasteiger charge is 2.18. The van der Waals surface area contributed by atoms with Crippen LogP contribution < -0.4 is 4.72 Å². The Morgan fingerprint density at radius 3 is 2.41 bits per heavy atom. The average molecular weight is 322 g/mol. The molecule has 0 saturated carbocycles. The fraction of sp³-hybridized carbons (Fsp3) is 0.300. The monoisotopic (exact) mass is 321 g/mol. The summed E-state index contributed by atoms with van der Waals surface area (Å²) in [5, 5.41) is 8.55. The molecule has 0 heterocycles. The third-order valence-corrected chi connectivity index (χ3v) is 4.10. The summed E-state index contributed by atoms with van der Waals surface area (Å²) in [6, 6.07) is 5.45. The molecule has 0 aliphatic carbocycles. The summed E-state index contributed by atoms with van der Waals surface area (Å²) in [4.78, 5) is 10.5. The van der Waals surface area contributed by atoms with Crippen LogP contribution in [-0.2, 0) is 14.8 Å². The van der Waals surface area contributed by atoms with Crippen molar-refractivity contribution in [2.24, 2.45) is 0 Å². The van der Waals surface area contributed by atoms with E-state index in [1.807, 2.05) is 0 Å². The summed E-state index contributed by atoms with van der Waals surface area (Å²) in [5.74, 6) is -1.05. The molecule has 0 aromatic heterocycles. The number of sulfonamides is 1. The molecule has 17 heavy (non-hydrogen) atoms. The van der Waals surface area contributed by atoms with Crippen molar-refractivity contribution in [3.8, 4) is 0 Å². The highest BCUT2D eigenvalue weighted by Crippen LogP contribution is 2.15. The summed E-state index contributed by atoms with van der Waals surface area (Å²) < 4.78 is 26.7. The Morgan fingerprint density at radius 2 is 1.94 bits per heavy atom. The smallest absolute Gasteiger partial charge is 0.304 e. The summed E-state index contributed by atoms with van der Waals surface area (Å²) in [7, 11) is -3.66. The van der Waals surface area contributed by atoms with Crippen molar-refractivity contribution in [1.29, 1.82) is 0 Å². The molecule has 0 radical (unpaired) electrons. The van der Waals surface area contributed by atoms with E-state index in [1.165, 1.54) is 19.1 Å². The summed E-state index contributed by atoms with van der Waals surface area (Å²) >= 11 is 3.20. The second-order valence-electron chi connectivity index (χ2n) is 3.57. The second-order valence-corrected chi connectivity index (χ2v) is 6.20. The summed E-state index contributed by atoms with van der Waals surface area (Å²) in [5.41, 5.74) is 0. The molecule has 1 atom stereocenters. The highest BCUT2D eigenvalue weighted by molar-refractivity contribution is 9.10. The van der Waals surface area contributed by atoms with Crippen LogP contribution in [0.1, 0.15) is 13.3 Å². The second kappa shape index (κ2) is 5.61. The molecule has 0 spiro atoms. The Hall–Kier alpha value is -0.920. The molecule has 0 aliphatic rings. The first-order chi connectivity index (χ1) is 7.81. The number of nitrogens with one attached hydrogen (secondary N) is 1. The molecule has 1 aromatic rings. The van der Waals surface area contributed by atoms with E-state index in [0.717, 1.165) is 4.47 Å². The van der Waals surface area contributed by atoms with Gasteiger partial charge in [0.05, 0.1) is 11.3 Å². The Morgan fingerprint density at radius 1 is 1.41 bits per heavy atom. The number of benzene rings is 1. The minimum Gasteiger partial charge on any atom is -0.481 e. The van der Waals surface area contributed by atoms with Crippen LogP contribution in [0.25, 0.3) is 0 Å². The van der Waals surface area contributed by atoms with Crippen molar-refractivity contribution < 1.29 is 18.3 Å². The van der Waals surface area contributed by atoms with E-state index in [9.17, 15) is 13.2 Å². The van der Waals surface area contributed by atoms with Crippen LogP contribution in [0.5, 0.6) is 0 Å². The molecule has 1 aromatic carbocycles. The molecule has 5 nitrogen and oxygen atoms in total. The van der Waals surface area contributed by atoms with Gasteiger partial charge in [0.15, 0.2) is 0 Å².